The molecular weight excluding hydrogens is 365 g/mol. The zero-order valence-electron chi connectivity index (χ0n) is 10.5. The molecule has 0 aliphatic rings. The Morgan fingerprint density at radius 1 is 1.22 bits per heavy atom. The van der Waals surface area contributed by atoms with Crippen molar-refractivity contribution in [1.29, 1.82) is 0 Å². The van der Waals surface area contributed by atoms with Crippen LogP contribution in [0, 0.1) is 3.57 Å². The molecule has 1 aromatic rings. The Labute approximate surface area is 122 Å². The summed E-state index contributed by atoms with van der Waals surface area (Å²) in [6, 6.07) is 6.59. The van der Waals surface area contributed by atoms with Gasteiger partial charge in [0.15, 0.2) is 0 Å². The molecule has 4 nitrogen and oxygen atoms in total. The molecular formula is C12H18INO3S. The number of halogens is 1. The van der Waals surface area contributed by atoms with E-state index in [1.54, 1.807) is 24.3 Å². The van der Waals surface area contributed by atoms with Crippen LogP contribution in [0.4, 0.5) is 0 Å². The van der Waals surface area contributed by atoms with E-state index in [4.69, 9.17) is 0 Å². The first kappa shape index (κ1) is 15.9. The molecule has 0 saturated carbocycles. The maximum absolute atomic E-state index is 12.0. The molecule has 0 unspecified atom stereocenters. The van der Waals surface area contributed by atoms with Crippen LogP contribution in [0.3, 0.4) is 0 Å². The third kappa shape index (κ3) is 4.18. The number of hydrogen-bond acceptors (Lipinski definition) is 3. The van der Waals surface area contributed by atoms with Crippen LogP contribution in [0.1, 0.15) is 26.7 Å². The van der Waals surface area contributed by atoms with E-state index in [1.165, 1.54) is 0 Å². The first-order chi connectivity index (χ1) is 8.33. The number of rotatable bonds is 6. The van der Waals surface area contributed by atoms with Crippen LogP contribution >= 0.6 is 22.6 Å². The monoisotopic (exact) mass is 383 g/mol. The molecule has 1 aromatic carbocycles. The summed E-state index contributed by atoms with van der Waals surface area (Å²) in [5.74, 6) is 0. The normalized spacial score (nSPS) is 12.7. The number of nitrogens with one attached hydrogen (secondary N) is 1. The second-order valence-corrected chi connectivity index (χ2v) is 7.22. The summed E-state index contributed by atoms with van der Waals surface area (Å²) in [5.41, 5.74) is -0.976. The van der Waals surface area contributed by atoms with Gasteiger partial charge in [0, 0.05) is 10.1 Å². The molecule has 0 heterocycles. The quantitative estimate of drug-likeness (QED) is 0.740. The molecule has 0 aliphatic heterocycles. The summed E-state index contributed by atoms with van der Waals surface area (Å²) in [6.45, 7) is 3.71. The van der Waals surface area contributed by atoms with Gasteiger partial charge in [0.05, 0.1) is 10.5 Å². The molecule has 0 saturated heterocycles. The molecule has 18 heavy (non-hydrogen) atoms. The van der Waals surface area contributed by atoms with Crippen molar-refractivity contribution in [3.8, 4) is 0 Å². The minimum Gasteiger partial charge on any atom is -0.389 e. The fraction of sp³-hybridized carbons (Fsp3) is 0.500. The fourth-order valence-corrected chi connectivity index (χ4v) is 2.91. The molecule has 0 amide bonds. The maximum Gasteiger partial charge on any atom is 0.240 e. The van der Waals surface area contributed by atoms with E-state index < -0.39 is 15.6 Å². The Balaban J connectivity index is 2.80. The van der Waals surface area contributed by atoms with Crippen molar-refractivity contribution in [2.75, 3.05) is 6.54 Å². The van der Waals surface area contributed by atoms with E-state index in [1.807, 2.05) is 13.8 Å². The lowest BCUT2D eigenvalue weighted by molar-refractivity contribution is 0.0377. The van der Waals surface area contributed by atoms with E-state index in [0.29, 0.717) is 12.8 Å². The summed E-state index contributed by atoms with van der Waals surface area (Å²) >= 11 is 2.12. The number of sulfonamides is 1. The first-order valence-electron chi connectivity index (χ1n) is 5.80. The summed E-state index contributed by atoms with van der Waals surface area (Å²) in [5, 5.41) is 10.1. The predicted octanol–water partition coefficient (Wildman–Crippen LogP) is 2.12. The lowest BCUT2D eigenvalue weighted by atomic mass is 9.98. The highest BCUT2D eigenvalue weighted by Gasteiger charge is 2.25. The lowest BCUT2D eigenvalue weighted by Crippen LogP contribution is -2.41. The Morgan fingerprint density at radius 2 is 1.72 bits per heavy atom. The van der Waals surface area contributed by atoms with Crippen LogP contribution in [0.25, 0.3) is 0 Å². The lowest BCUT2D eigenvalue weighted by Gasteiger charge is -2.25. The molecule has 0 bridgehead atoms. The molecule has 2 N–H and O–H groups in total. The van der Waals surface area contributed by atoms with Gasteiger partial charge in [0.2, 0.25) is 10.0 Å². The van der Waals surface area contributed by atoms with Gasteiger partial charge in [-0.3, -0.25) is 0 Å². The third-order valence-electron chi connectivity index (χ3n) is 3.03. The van der Waals surface area contributed by atoms with Crippen molar-refractivity contribution < 1.29 is 13.5 Å². The highest BCUT2D eigenvalue weighted by Crippen LogP contribution is 2.16. The van der Waals surface area contributed by atoms with Gasteiger partial charge in [-0.1, -0.05) is 13.8 Å². The van der Waals surface area contributed by atoms with E-state index in [-0.39, 0.29) is 11.4 Å². The van der Waals surface area contributed by atoms with Gasteiger partial charge in [0.1, 0.15) is 0 Å². The molecule has 102 valence electrons. The molecule has 0 atom stereocenters. The summed E-state index contributed by atoms with van der Waals surface area (Å²) in [4.78, 5) is 0.220. The molecule has 6 heteroatoms. The maximum atomic E-state index is 12.0. The van der Waals surface area contributed by atoms with Gasteiger partial charge in [0.25, 0.3) is 0 Å². The molecule has 0 aliphatic carbocycles. The Morgan fingerprint density at radius 3 is 2.17 bits per heavy atom. The van der Waals surface area contributed by atoms with Crippen LogP contribution in [-0.4, -0.2) is 25.7 Å². The first-order valence-corrected chi connectivity index (χ1v) is 8.37. The minimum atomic E-state index is -3.54. The minimum absolute atomic E-state index is 0.0360. The average Bonchev–Trinajstić information content (AvgIpc) is 2.37. The molecule has 0 aromatic heterocycles. The summed E-state index contributed by atoms with van der Waals surface area (Å²) < 4.78 is 27.4. The third-order valence-corrected chi connectivity index (χ3v) is 5.17. The standard InChI is InChI=1S/C12H18INO3S/c1-3-12(15,4-2)9-14-18(16,17)11-7-5-10(13)6-8-11/h5-8,14-15H,3-4,9H2,1-2H3. The number of aliphatic hydroxyl groups is 1. The zero-order chi connectivity index (χ0) is 13.8. The highest BCUT2D eigenvalue weighted by atomic mass is 127. The Bertz CT molecular complexity index is 481. The van der Waals surface area contributed by atoms with Crippen LogP contribution in [0.5, 0.6) is 0 Å². The summed E-state index contributed by atoms with van der Waals surface area (Å²) in [7, 11) is -3.54. The van der Waals surface area contributed by atoms with Crippen molar-refractivity contribution in [2.24, 2.45) is 0 Å². The smallest absolute Gasteiger partial charge is 0.240 e. The van der Waals surface area contributed by atoms with Crippen molar-refractivity contribution in [1.82, 2.24) is 4.72 Å². The second kappa shape index (κ2) is 6.31. The second-order valence-electron chi connectivity index (χ2n) is 4.21. The van der Waals surface area contributed by atoms with Crippen molar-refractivity contribution in [3.05, 3.63) is 27.8 Å². The average molecular weight is 383 g/mol. The van der Waals surface area contributed by atoms with Crippen LogP contribution in [0.2, 0.25) is 0 Å². The number of hydrogen-bond donors (Lipinski definition) is 2. The van der Waals surface area contributed by atoms with Gasteiger partial charge in [-0.15, -0.1) is 0 Å². The Hall–Kier alpha value is -0.180. The van der Waals surface area contributed by atoms with Gasteiger partial charge < -0.3 is 5.11 Å². The molecule has 0 spiro atoms. The van der Waals surface area contributed by atoms with Gasteiger partial charge >= 0.3 is 0 Å². The summed E-state index contributed by atoms with van der Waals surface area (Å²) in [6.07, 6.45) is 1.03. The number of benzene rings is 1. The van der Waals surface area contributed by atoms with E-state index in [0.717, 1.165) is 3.57 Å². The Kier molecular flexibility index (Phi) is 5.57. The predicted molar refractivity (Wildman–Crippen MR) is 79.9 cm³/mol. The van der Waals surface area contributed by atoms with Gasteiger partial charge in [-0.25, -0.2) is 13.1 Å². The topological polar surface area (TPSA) is 66.4 Å². The van der Waals surface area contributed by atoms with Gasteiger partial charge in [-0.2, -0.15) is 0 Å². The van der Waals surface area contributed by atoms with Crippen molar-refractivity contribution in [2.45, 2.75) is 37.2 Å². The van der Waals surface area contributed by atoms with Gasteiger partial charge in [-0.05, 0) is 59.7 Å². The molecule has 0 fully saturated rings. The van der Waals surface area contributed by atoms with E-state index in [2.05, 4.69) is 27.3 Å². The van der Waals surface area contributed by atoms with Crippen LogP contribution in [-0.2, 0) is 10.0 Å². The fourth-order valence-electron chi connectivity index (χ4n) is 1.43. The SMILES string of the molecule is CCC(O)(CC)CNS(=O)(=O)c1ccc(I)cc1. The van der Waals surface area contributed by atoms with E-state index >= 15 is 0 Å². The van der Waals surface area contributed by atoms with Crippen molar-refractivity contribution >= 4 is 32.6 Å². The van der Waals surface area contributed by atoms with Crippen LogP contribution < -0.4 is 4.72 Å². The largest absolute Gasteiger partial charge is 0.389 e. The van der Waals surface area contributed by atoms with E-state index in [9.17, 15) is 13.5 Å². The molecule has 0 radical (unpaired) electrons. The van der Waals surface area contributed by atoms with Crippen LogP contribution in [0.15, 0.2) is 29.2 Å². The zero-order valence-corrected chi connectivity index (χ0v) is 13.5. The highest BCUT2D eigenvalue weighted by molar-refractivity contribution is 14.1. The molecule has 1 rings (SSSR count). The van der Waals surface area contributed by atoms with Crippen molar-refractivity contribution in [3.63, 3.8) is 0 Å².